The first-order valence-corrected chi connectivity index (χ1v) is 7.39. The molecular formula is C13H13N5S2. The Morgan fingerprint density at radius 3 is 2.75 bits per heavy atom. The molecule has 0 aromatic carbocycles. The lowest BCUT2D eigenvalue weighted by Crippen LogP contribution is -2.08. The molecule has 3 heterocycles. The first kappa shape index (κ1) is 13.1. The predicted molar refractivity (Wildman–Crippen MR) is 81.3 cm³/mol. The second kappa shape index (κ2) is 5.26. The average Bonchev–Trinajstić information content (AvgIpc) is 3.05. The van der Waals surface area contributed by atoms with Gasteiger partial charge in [0.05, 0.1) is 6.04 Å². The number of nitrogens with one attached hydrogen (secondary N) is 1. The summed E-state index contributed by atoms with van der Waals surface area (Å²) in [7, 11) is 0. The molecule has 0 aliphatic carbocycles. The molecule has 3 aromatic heterocycles. The van der Waals surface area contributed by atoms with Crippen molar-refractivity contribution in [3.8, 4) is 11.4 Å². The van der Waals surface area contributed by atoms with Crippen LogP contribution in [0.15, 0.2) is 30.7 Å². The molecule has 3 rings (SSSR count). The van der Waals surface area contributed by atoms with Crippen LogP contribution >= 0.6 is 23.6 Å². The van der Waals surface area contributed by atoms with E-state index < -0.39 is 0 Å². The number of thiazole rings is 1. The van der Waals surface area contributed by atoms with Gasteiger partial charge in [0.25, 0.3) is 0 Å². The summed E-state index contributed by atoms with van der Waals surface area (Å²) < 4.78 is 2.58. The van der Waals surface area contributed by atoms with Gasteiger partial charge in [-0.2, -0.15) is 5.10 Å². The summed E-state index contributed by atoms with van der Waals surface area (Å²) in [5.74, 6) is 0.803. The number of aromatic amines is 1. The highest BCUT2D eigenvalue weighted by atomic mass is 32.1. The molecular weight excluding hydrogens is 290 g/mol. The van der Waals surface area contributed by atoms with Gasteiger partial charge in [0.15, 0.2) is 10.6 Å². The number of rotatable bonds is 3. The van der Waals surface area contributed by atoms with Crippen molar-refractivity contribution in [3.63, 3.8) is 0 Å². The van der Waals surface area contributed by atoms with E-state index in [4.69, 9.17) is 12.2 Å². The molecule has 1 atom stereocenters. The zero-order valence-electron chi connectivity index (χ0n) is 11.1. The number of hydrogen-bond donors (Lipinski definition) is 1. The maximum absolute atomic E-state index is 5.36. The Labute approximate surface area is 125 Å². The second-order valence-corrected chi connectivity index (χ2v) is 6.10. The highest BCUT2D eigenvalue weighted by molar-refractivity contribution is 7.71. The van der Waals surface area contributed by atoms with Crippen LogP contribution in [0, 0.1) is 11.7 Å². The van der Waals surface area contributed by atoms with Crippen molar-refractivity contribution < 1.29 is 0 Å². The Balaban J connectivity index is 2.10. The quantitative estimate of drug-likeness (QED) is 0.754. The molecule has 102 valence electrons. The van der Waals surface area contributed by atoms with Crippen molar-refractivity contribution in [2.24, 2.45) is 0 Å². The number of hydrogen-bond acceptors (Lipinski definition) is 5. The second-order valence-electron chi connectivity index (χ2n) is 4.44. The summed E-state index contributed by atoms with van der Waals surface area (Å²) in [6.07, 6.45) is 5.37. The smallest absolute Gasteiger partial charge is 0.196 e. The molecule has 0 bridgehead atoms. The Morgan fingerprint density at radius 1 is 1.35 bits per heavy atom. The van der Waals surface area contributed by atoms with E-state index in [1.165, 1.54) is 4.88 Å². The van der Waals surface area contributed by atoms with Crippen LogP contribution in [-0.2, 0) is 0 Å². The van der Waals surface area contributed by atoms with Gasteiger partial charge in [-0.05, 0) is 38.2 Å². The Bertz CT molecular complexity index is 771. The van der Waals surface area contributed by atoms with E-state index in [9.17, 15) is 0 Å². The van der Waals surface area contributed by atoms with Crippen LogP contribution in [0.4, 0.5) is 0 Å². The third-order valence-electron chi connectivity index (χ3n) is 3.03. The van der Waals surface area contributed by atoms with Gasteiger partial charge < -0.3 is 0 Å². The SMILES string of the molecule is Cc1cnc(C(C)n2c(-c3ccncc3)n[nH]c2=S)s1. The maximum Gasteiger partial charge on any atom is 0.196 e. The van der Waals surface area contributed by atoms with Gasteiger partial charge in [-0.1, -0.05) is 0 Å². The molecule has 0 amide bonds. The molecule has 20 heavy (non-hydrogen) atoms. The molecule has 1 N–H and O–H groups in total. The van der Waals surface area contributed by atoms with Crippen molar-refractivity contribution in [2.75, 3.05) is 0 Å². The molecule has 0 aliphatic rings. The third-order valence-corrected chi connectivity index (χ3v) is 4.40. The van der Waals surface area contributed by atoms with Gasteiger partial charge in [-0.25, -0.2) is 4.98 Å². The van der Waals surface area contributed by atoms with Crippen molar-refractivity contribution in [3.05, 3.63) is 45.4 Å². The topological polar surface area (TPSA) is 59.4 Å². The van der Waals surface area contributed by atoms with Crippen LogP contribution in [0.25, 0.3) is 11.4 Å². The number of nitrogens with zero attached hydrogens (tertiary/aromatic N) is 4. The lowest BCUT2D eigenvalue weighted by molar-refractivity contribution is 0.631. The van der Waals surface area contributed by atoms with Crippen LogP contribution in [0.5, 0.6) is 0 Å². The highest BCUT2D eigenvalue weighted by Crippen LogP contribution is 2.27. The van der Waals surface area contributed by atoms with Crippen LogP contribution in [-0.4, -0.2) is 24.7 Å². The maximum atomic E-state index is 5.36. The predicted octanol–water partition coefficient (Wildman–Crippen LogP) is 3.38. The van der Waals surface area contributed by atoms with E-state index in [0.29, 0.717) is 4.77 Å². The normalized spacial score (nSPS) is 12.5. The van der Waals surface area contributed by atoms with Crippen LogP contribution in [0.1, 0.15) is 22.9 Å². The van der Waals surface area contributed by atoms with Gasteiger partial charge in [-0.15, -0.1) is 11.3 Å². The van der Waals surface area contributed by atoms with Gasteiger partial charge >= 0.3 is 0 Å². The molecule has 0 saturated carbocycles. The van der Waals surface area contributed by atoms with E-state index in [-0.39, 0.29) is 6.04 Å². The Hall–Kier alpha value is -1.86. The summed E-state index contributed by atoms with van der Waals surface area (Å²) in [4.78, 5) is 9.66. The summed E-state index contributed by atoms with van der Waals surface area (Å²) in [5, 5.41) is 8.22. The molecule has 1 unspecified atom stereocenters. The number of aromatic nitrogens is 5. The van der Waals surface area contributed by atoms with Gasteiger partial charge in [-0.3, -0.25) is 14.6 Å². The molecule has 0 fully saturated rings. The van der Waals surface area contributed by atoms with E-state index in [1.807, 2.05) is 29.8 Å². The minimum atomic E-state index is 0.0446. The Kier molecular flexibility index (Phi) is 3.45. The number of pyridine rings is 1. The molecule has 0 saturated heterocycles. The minimum absolute atomic E-state index is 0.0446. The molecule has 7 heteroatoms. The summed E-state index contributed by atoms with van der Waals surface area (Å²) in [6.45, 7) is 4.13. The lowest BCUT2D eigenvalue weighted by atomic mass is 10.2. The standard InChI is InChI=1S/C13H13N5S2/c1-8-7-15-12(20-8)9(2)18-11(16-17-13(18)19)10-3-5-14-6-4-10/h3-7,9H,1-2H3,(H,17,19). The van der Waals surface area contributed by atoms with E-state index in [2.05, 4.69) is 27.1 Å². The van der Waals surface area contributed by atoms with Crippen molar-refractivity contribution in [1.29, 1.82) is 0 Å². The number of H-pyrrole nitrogens is 1. The molecule has 5 nitrogen and oxygen atoms in total. The first-order valence-electron chi connectivity index (χ1n) is 6.16. The third kappa shape index (κ3) is 2.30. The minimum Gasteiger partial charge on any atom is -0.290 e. The molecule has 3 aromatic rings. The highest BCUT2D eigenvalue weighted by Gasteiger charge is 2.18. The van der Waals surface area contributed by atoms with E-state index in [1.54, 1.807) is 23.7 Å². The zero-order chi connectivity index (χ0) is 14.1. The number of aryl methyl sites for hydroxylation is 1. The fraction of sp³-hybridized carbons (Fsp3) is 0.231. The molecule has 0 spiro atoms. The molecule has 0 radical (unpaired) electrons. The van der Waals surface area contributed by atoms with Gasteiger partial charge in [0.2, 0.25) is 0 Å². The molecule has 0 aliphatic heterocycles. The summed E-state index contributed by atoms with van der Waals surface area (Å²) in [6, 6.07) is 3.88. The van der Waals surface area contributed by atoms with Gasteiger partial charge in [0.1, 0.15) is 5.01 Å². The monoisotopic (exact) mass is 303 g/mol. The van der Waals surface area contributed by atoms with Crippen LogP contribution in [0.2, 0.25) is 0 Å². The first-order chi connectivity index (χ1) is 9.66. The van der Waals surface area contributed by atoms with Crippen LogP contribution < -0.4 is 0 Å². The zero-order valence-corrected chi connectivity index (χ0v) is 12.7. The van der Waals surface area contributed by atoms with E-state index >= 15 is 0 Å². The fourth-order valence-electron chi connectivity index (χ4n) is 2.04. The average molecular weight is 303 g/mol. The van der Waals surface area contributed by atoms with Crippen LogP contribution in [0.3, 0.4) is 0 Å². The van der Waals surface area contributed by atoms with Crippen molar-refractivity contribution >= 4 is 23.6 Å². The fourth-order valence-corrected chi connectivity index (χ4v) is 3.15. The summed E-state index contributed by atoms with van der Waals surface area (Å²) >= 11 is 7.04. The lowest BCUT2D eigenvalue weighted by Gasteiger charge is -2.13. The van der Waals surface area contributed by atoms with E-state index in [0.717, 1.165) is 16.4 Å². The summed E-state index contributed by atoms with van der Waals surface area (Å²) in [5.41, 5.74) is 0.979. The largest absolute Gasteiger partial charge is 0.290 e. The Morgan fingerprint density at radius 2 is 2.10 bits per heavy atom. The van der Waals surface area contributed by atoms with Crippen molar-refractivity contribution in [1.82, 2.24) is 24.7 Å². The van der Waals surface area contributed by atoms with Gasteiger partial charge in [0, 0.05) is 29.0 Å². The van der Waals surface area contributed by atoms with Crippen molar-refractivity contribution in [2.45, 2.75) is 19.9 Å².